The van der Waals surface area contributed by atoms with E-state index >= 15 is 0 Å². The Morgan fingerprint density at radius 3 is 1.07 bits per heavy atom. The predicted octanol–water partition coefficient (Wildman–Crippen LogP) is 26.6. The van der Waals surface area contributed by atoms with Crippen LogP contribution in [-0.2, 0) is 10.8 Å². The summed E-state index contributed by atoms with van der Waals surface area (Å²) < 4.78 is 36.4. The average Bonchev–Trinajstić information content (AvgIpc) is 1.55. The van der Waals surface area contributed by atoms with Gasteiger partial charge >= 0.3 is 0 Å². The van der Waals surface area contributed by atoms with Gasteiger partial charge in [0.25, 0.3) is 0 Å². The Morgan fingerprint density at radius 1 is 0.301 bits per heavy atom. The van der Waals surface area contributed by atoms with Crippen molar-refractivity contribution in [3.8, 4) is 44.5 Å². The van der Waals surface area contributed by atoms with Gasteiger partial charge in [-0.3, -0.25) is 0 Å². The number of furan rings is 1. The first-order valence-electron chi connectivity index (χ1n) is 35.4. The van der Waals surface area contributed by atoms with E-state index in [0.717, 1.165) is 112 Å². The fourth-order valence-electron chi connectivity index (χ4n) is 17.2. The summed E-state index contributed by atoms with van der Waals surface area (Å²) in [6.07, 6.45) is 3.82. The standard InChI is InChI=1S/C98H76F2N2O/c1-11-67-25-33-71(34-26-67)97(89-49-59(3)21-23-61(89)5)87-19-15-13-17-79(87)81-45-41-75(55-91(81)97)101(93-53-63(7)85(51-65(93)9)69-29-37-73(99)38-30-69)77-43-47-83-84-48-44-78(58-96(84)103-95(83)57-77)102(94-54-64(8)86(52-66(94)10)70-31-39-74(100)40-32-70)76-42-46-82-80-18-14-16-20-88(80)98(92(82)56-76,72-35-27-68(12-2)28-36-72)90-50-60(4)22-24-62(90)6/h11-58H,1-2H2,3-10H3. The zero-order valence-electron chi connectivity index (χ0n) is 59.2. The lowest BCUT2D eigenvalue weighted by molar-refractivity contribution is 0.627. The molecule has 2 aliphatic rings. The quantitative estimate of drug-likeness (QED) is 0.108. The molecule has 2 aliphatic carbocycles. The van der Waals surface area contributed by atoms with Crippen molar-refractivity contribution < 1.29 is 13.2 Å². The van der Waals surface area contributed by atoms with Gasteiger partial charge in [0.1, 0.15) is 22.8 Å². The lowest BCUT2D eigenvalue weighted by Crippen LogP contribution is -2.30. The molecular formula is C98H76F2N2O. The molecule has 498 valence electrons. The summed E-state index contributed by atoms with van der Waals surface area (Å²) in [5.74, 6) is -0.536. The van der Waals surface area contributed by atoms with Crippen LogP contribution in [0.25, 0.3) is 78.6 Å². The van der Waals surface area contributed by atoms with Crippen LogP contribution < -0.4 is 9.80 Å². The number of anilines is 6. The maximum absolute atomic E-state index is 14.5. The Kier molecular flexibility index (Phi) is 15.5. The maximum Gasteiger partial charge on any atom is 0.137 e. The second-order valence-electron chi connectivity index (χ2n) is 28.4. The van der Waals surface area contributed by atoms with Crippen molar-refractivity contribution in [1.82, 2.24) is 0 Å². The van der Waals surface area contributed by atoms with Crippen molar-refractivity contribution in [1.29, 1.82) is 0 Å². The largest absolute Gasteiger partial charge is 0.456 e. The molecule has 0 spiro atoms. The minimum absolute atomic E-state index is 0.268. The number of fused-ring (bicyclic) bond motifs is 9. The highest BCUT2D eigenvalue weighted by Gasteiger charge is 2.49. The molecule has 1 aromatic heterocycles. The summed E-state index contributed by atoms with van der Waals surface area (Å²) in [5, 5.41) is 1.98. The van der Waals surface area contributed by atoms with Crippen molar-refractivity contribution in [2.75, 3.05) is 9.80 Å². The van der Waals surface area contributed by atoms with Crippen LogP contribution in [0.15, 0.2) is 297 Å². The van der Waals surface area contributed by atoms with Gasteiger partial charge in [0.15, 0.2) is 0 Å². The first kappa shape index (κ1) is 64.2. The van der Waals surface area contributed by atoms with Crippen LogP contribution in [0.1, 0.15) is 100 Å². The molecule has 0 N–H and O–H groups in total. The highest BCUT2D eigenvalue weighted by atomic mass is 19.1. The molecule has 2 unspecified atom stereocenters. The van der Waals surface area contributed by atoms with Gasteiger partial charge in [0, 0.05) is 57.0 Å². The van der Waals surface area contributed by atoms with Crippen LogP contribution in [0.5, 0.6) is 0 Å². The van der Waals surface area contributed by atoms with Gasteiger partial charge in [-0.2, -0.15) is 0 Å². The van der Waals surface area contributed by atoms with Gasteiger partial charge in [-0.25, -0.2) is 8.78 Å². The number of halogens is 2. The number of hydrogen-bond donors (Lipinski definition) is 0. The Morgan fingerprint density at radius 2 is 0.670 bits per heavy atom. The predicted molar refractivity (Wildman–Crippen MR) is 427 cm³/mol. The summed E-state index contributed by atoms with van der Waals surface area (Å²) >= 11 is 0. The Balaban J connectivity index is 0.869. The number of hydrogen-bond acceptors (Lipinski definition) is 3. The molecule has 1 heterocycles. The minimum atomic E-state index is -0.692. The monoisotopic (exact) mass is 1330 g/mol. The van der Waals surface area contributed by atoms with Crippen molar-refractivity contribution in [2.45, 2.75) is 66.2 Å². The Bertz CT molecular complexity index is 5610. The van der Waals surface area contributed by atoms with Crippen molar-refractivity contribution in [3.05, 3.63) is 404 Å². The zero-order valence-corrected chi connectivity index (χ0v) is 59.2. The zero-order chi connectivity index (χ0) is 70.7. The Hall–Kier alpha value is -12.2. The molecule has 0 fully saturated rings. The number of aryl methyl sites for hydroxylation is 8. The molecule has 0 amide bonds. The summed E-state index contributed by atoms with van der Waals surface area (Å²) in [6, 6.07) is 99.6. The molecular weight excluding hydrogens is 1260 g/mol. The van der Waals surface area contributed by atoms with E-state index in [2.05, 4.69) is 309 Å². The van der Waals surface area contributed by atoms with Crippen LogP contribution in [0.4, 0.5) is 42.9 Å². The fourth-order valence-corrected chi connectivity index (χ4v) is 17.2. The number of rotatable bonds is 14. The molecule has 0 radical (unpaired) electrons. The van der Waals surface area contributed by atoms with Crippen LogP contribution in [-0.4, -0.2) is 0 Å². The Labute approximate surface area is 602 Å². The van der Waals surface area contributed by atoms with E-state index in [-0.39, 0.29) is 11.6 Å². The van der Waals surface area contributed by atoms with Crippen LogP contribution in [0.3, 0.4) is 0 Å². The summed E-state index contributed by atoms with van der Waals surface area (Å²) in [7, 11) is 0. The highest BCUT2D eigenvalue weighted by Crippen LogP contribution is 2.61. The maximum atomic E-state index is 14.5. The molecule has 0 saturated heterocycles. The molecule has 3 nitrogen and oxygen atoms in total. The molecule has 14 aromatic carbocycles. The van der Waals surface area contributed by atoms with E-state index in [1.54, 1.807) is 0 Å². The van der Waals surface area contributed by atoms with Gasteiger partial charge in [-0.05, 0) is 286 Å². The topological polar surface area (TPSA) is 19.6 Å². The highest BCUT2D eigenvalue weighted by molar-refractivity contribution is 6.08. The second kappa shape index (κ2) is 24.9. The van der Waals surface area contributed by atoms with Gasteiger partial charge in [-0.1, -0.05) is 206 Å². The van der Waals surface area contributed by atoms with Crippen molar-refractivity contribution in [3.63, 3.8) is 0 Å². The molecule has 103 heavy (non-hydrogen) atoms. The first-order chi connectivity index (χ1) is 50.0. The molecule has 2 atom stereocenters. The van der Waals surface area contributed by atoms with Crippen LogP contribution in [0.2, 0.25) is 0 Å². The summed E-state index contributed by atoms with van der Waals surface area (Å²) in [6.45, 7) is 25.8. The van der Waals surface area contributed by atoms with Crippen LogP contribution >= 0.6 is 0 Å². The van der Waals surface area contributed by atoms with E-state index in [0.29, 0.717) is 0 Å². The normalized spacial score (nSPS) is 14.9. The molecule has 0 saturated carbocycles. The van der Waals surface area contributed by atoms with E-state index in [1.807, 2.05) is 36.4 Å². The van der Waals surface area contributed by atoms with E-state index in [1.165, 1.54) is 113 Å². The third-order valence-electron chi connectivity index (χ3n) is 22.2. The van der Waals surface area contributed by atoms with Gasteiger partial charge in [0.05, 0.1) is 10.8 Å². The molecule has 15 aromatic rings. The van der Waals surface area contributed by atoms with Gasteiger partial charge in [-0.15, -0.1) is 0 Å². The number of benzene rings is 14. The second-order valence-corrected chi connectivity index (χ2v) is 28.4. The minimum Gasteiger partial charge on any atom is -0.456 e. The molecule has 0 aliphatic heterocycles. The van der Waals surface area contributed by atoms with E-state index < -0.39 is 10.8 Å². The lowest BCUT2D eigenvalue weighted by atomic mass is 9.66. The van der Waals surface area contributed by atoms with Gasteiger partial charge < -0.3 is 14.2 Å². The third kappa shape index (κ3) is 10.3. The first-order valence-corrected chi connectivity index (χ1v) is 35.4. The fraction of sp³-hybridized carbons (Fsp3) is 0.102. The van der Waals surface area contributed by atoms with Crippen molar-refractivity contribution in [2.24, 2.45) is 0 Å². The van der Waals surface area contributed by atoms with E-state index in [4.69, 9.17) is 4.42 Å². The summed E-state index contributed by atoms with van der Waals surface area (Å²) in [5.41, 5.74) is 35.5. The van der Waals surface area contributed by atoms with E-state index in [9.17, 15) is 8.78 Å². The summed E-state index contributed by atoms with van der Waals surface area (Å²) in [4.78, 5) is 4.79. The molecule has 0 bridgehead atoms. The lowest BCUT2D eigenvalue weighted by Gasteiger charge is -2.36. The average molecular weight is 1340 g/mol. The van der Waals surface area contributed by atoms with Crippen LogP contribution in [0, 0.1) is 67.0 Å². The molecule has 17 rings (SSSR count). The van der Waals surface area contributed by atoms with Crippen molar-refractivity contribution >= 4 is 68.2 Å². The molecule has 5 heteroatoms. The third-order valence-corrected chi connectivity index (χ3v) is 22.2. The SMILES string of the molecule is C=Cc1ccc(C2(c3cc(C)ccc3C)c3ccccc3-c3ccc(N(c4ccc5c(c4)oc4cc(N(c6ccc7c(c6)C(c6ccc(C=C)cc6)(c6cc(C)ccc6C)c6ccccc6-7)c6cc(C)c(-c7ccc(F)cc7)cc6C)ccc45)c4cc(C)c(-c5ccc(F)cc5)cc4C)cc32)cc1. The number of nitrogens with zero attached hydrogens (tertiary/aromatic N) is 2. The van der Waals surface area contributed by atoms with Gasteiger partial charge in [0.2, 0.25) is 0 Å². The smallest absolute Gasteiger partial charge is 0.137 e.